The first-order chi connectivity index (χ1) is 18.0. The van der Waals surface area contributed by atoms with Crippen LogP contribution in [0.4, 0.5) is 23.2 Å². The Kier molecular flexibility index (Phi) is 7.70. The summed E-state index contributed by atoms with van der Waals surface area (Å²) < 4.78 is 67.2. The lowest BCUT2D eigenvalue weighted by Crippen LogP contribution is -2.51. The number of anilines is 1. The molecule has 12 heteroatoms. The molecule has 3 N–H and O–H groups in total. The van der Waals surface area contributed by atoms with Crippen molar-refractivity contribution >= 4 is 23.2 Å². The van der Waals surface area contributed by atoms with Crippen LogP contribution in [-0.4, -0.2) is 49.0 Å². The normalized spacial score (nSPS) is 14.9. The van der Waals surface area contributed by atoms with Crippen LogP contribution in [0.1, 0.15) is 28.9 Å². The summed E-state index contributed by atoms with van der Waals surface area (Å²) in [5.41, 5.74) is -3.79. The van der Waals surface area contributed by atoms with Crippen LogP contribution in [0.25, 0.3) is 11.3 Å². The number of aromatic nitrogens is 1. The molecule has 0 aliphatic heterocycles. The number of halogens is 5. The molecule has 0 saturated heterocycles. The fraction of sp³-hybridized carbons (Fsp3) is 0.308. The number of methoxy groups -OCH3 is 1. The third-order valence-electron chi connectivity index (χ3n) is 6.00. The van der Waals surface area contributed by atoms with Crippen molar-refractivity contribution in [1.82, 2.24) is 10.3 Å². The lowest BCUT2D eigenvalue weighted by Gasteiger charge is -2.30. The van der Waals surface area contributed by atoms with Gasteiger partial charge in [-0.3, -0.25) is 4.79 Å². The van der Waals surface area contributed by atoms with Gasteiger partial charge in [-0.25, -0.2) is 9.37 Å². The number of pyridine rings is 1. The van der Waals surface area contributed by atoms with E-state index in [2.05, 4.69) is 15.6 Å². The Hall–Kier alpha value is -3.57. The number of aliphatic hydroxyl groups is 1. The number of rotatable bonds is 9. The number of alkyl halides is 3. The molecule has 1 saturated carbocycles. The fourth-order valence-corrected chi connectivity index (χ4v) is 3.85. The van der Waals surface area contributed by atoms with Gasteiger partial charge in [-0.15, -0.1) is 0 Å². The Morgan fingerprint density at radius 3 is 2.47 bits per heavy atom. The summed E-state index contributed by atoms with van der Waals surface area (Å²) in [6, 6.07) is 10.1. The highest BCUT2D eigenvalue weighted by Gasteiger charge is 2.56. The van der Waals surface area contributed by atoms with E-state index < -0.39 is 35.7 Å². The second-order valence-corrected chi connectivity index (χ2v) is 9.10. The predicted octanol–water partition coefficient (Wildman–Crippen LogP) is 5.31. The molecule has 3 aromatic rings. The van der Waals surface area contributed by atoms with Gasteiger partial charge in [0.2, 0.25) is 5.60 Å². The van der Waals surface area contributed by atoms with Gasteiger partial charge >= 0.3 is 6.18 Å². The quantitative estimate of drug-likeness (QED) is 0.311. The molecule has 1 aliphatic carbocycles. The second kappa shape index (κ2) is 10.7. The molecular weight excluding hydrogens is 530 g/mol. The minimum Gasteiger partial charge on any atom is -0.493 e. The van der Waals surface area contributed by atoms with Gasteiger partial charge in [-0.2, -0.15) is 13.2 Å². The monoisotopic (exact) mass is 553 g/mol. The van der Waals surface area contributed by atoms with E-state index in [4.69, 9.17) is 21.1 Å². The number of ether oxygens (including phenoxy) is 2. The molecule has 7 nitrogen and oxygen atoms in total. The molecule has 4 rings (SSSR count). The maximum absolute atomic E-state index is 14.2. The summed E-state index contributed by atoms with van der Waals surface area (Å²) >= 11 is 5.85. The number of nitrogens with zero attached hydrogens (tertiary/aromatic N) is 1. The maximum atomic E-state index is 14.2. The number of nitrogens with one attached hydrogen (secondary N) is 2. The topological polar surface area (TPSA) is 92.7 Å². The van der Waals surface area contributed by atoms with E-state index in [9.17, 15) is 27.5 Å². The van der Waals surface area contributed by atoms with Crippen LogP contribution in [0.5, 0.6) is 11.5 Å². The summed E-state index contributed by atoms with van der Waals surface area (Å²) in [7, 11) is 2.91. The fourth-order valence-electron chi connectivity index (χ4n) is 3.67. The van der Waals surface area contributed by atoms with E-state index in [0.29, 0.717) is 11.4 Å². The predicted molar refractivity (Wildman–Crippen MR) is 133 cm³/mol. The number of hydrogen-bond acceptors (Lipinski definition) is 6. The van der Waals surface area contributed by atoms with E-state index >= 15 is 0 Å². The molecule has 1 amide bonds. The van der Waals surface area contributed by atoms with Crippen LogP contribution in [0, 0.1) is 5.82 Å². The molecule has 38 heavy (non-hydrogen) atoms. The van der Waals surface area contributed by atoms with Crippen molar-refractivity contribution in [1.29, 1.82) is 0 Å². The third-order valence-corrected chi connectivity index (χ3v) is 6.29. The van der Waals surface area contributed by atoms with Gasteiger partial charge in [0.05, 0.1) is 41.9 Å². The highest BCUT2D eigenvalue weighted by molar-refractivity contribution is 6.31. The van der Waals surface area contributed by atoms with E-state index in [0.717, 1.165) is 25.0 Å². The zero-order valence-electron chi connectivity index (χ0n) is 20.3. The van der Waals surface area contributed by atoms with Crippen LogP contribution in [0.15, 0.2) is 48.5 Å². The van der Waals surface area contributed by atoms with Crippen molar-refractivity contribution < 1.29 is 36.9 Å². The van der Waals surface area contributed by atoms with Crippen molar-refractivity contribution in [3.05, 3.63) is 70.6 Å². The molecule has 1 fully saturated rings. The SMILES string of the molecule is CNc1ccc(C(O)(CNC(=O)c2ccc(OC3CC3)c(OC)c2)C(F)(F)F)nc1-c1ccc(F)c(Cl)c1. The largest absolute Gasteiger partial charge is 0.493 e. The minimum atomic E-state index is -5.22. The van der Waals surface area contributed by atoms with Crippen LogP contribution in [-0.2, 0) is 5.60 Å². The van der Waals surface area contributed by atoms with Crippen LogP contribution in [0.2, 0.25) is 5.02 Å². The Bertz CT molecular complexity index is 1350. The van der Waals surface area contributed by atoms with Crippen LogP contribution in [0.3, 0.4) is 0 Å². The molecule has 0 radical (unpaired) electrons. The summed E-state index contributed by atoms with van der Waals surface area (Å²) in [5.74, 6) is -0.916. The molecule has 202 valence electrons. The second-order valence-electron chi connectivity index (χ2n) is 8.70. The van der Waals surface area contributed by atoms with Gasteiger partial charge in [0.1, 0.15) is 5.82 Å². The Labute approximate surface area is 220 Å². The van der Waals surface area contributed by atoms with Crippen LogP contribution < -0.4 is 20.1 Å². The molecular formula is C26H24ClF4N3O4. The first-order valence-electron chi connectivity index (χ1n) is 11.5. The minimum absolute atomic E-state index is 0.00288. The van der Waals surface area contributed by atoms with Gasteiger partial charge in [0.25, 0.3) is 5.91 Å². The van der Waals surface area contributed by atoms with Crippen molar-refractivity contribution in [2.24, 2.45) is 0 Å². The van der Waals surface area contributed by atoms with Crippen molar-refractivity contribution in [3.8, 4) is 22.8 Å². The molecule has 1 atom stereocenters. The van der Waals surface area contributed by atoms with Gasteiger partial charge < -0.3 is 25.2 Å². The summed E-state index contributed by atoms with van der Waals surface area (Å²) in [5, 5.41) is 15.5. The summed E-state index contributed by atoms with van der Waals surface area (Å²) in [6.45, 7) is -1.23. The lowest BCUT2D eigenvalue weighted by atomic mass is 9.96. The Morgan fingerprint density at radius 1 is 1.13 bits per heavy atom. The maximum Gasteiger partial charge on any atom is 0.424 e. The number of carbonyl (C=O) groups is 1. The molecule has 1 aliphatic rings. The molecule has 1 heterocycles. The standard InChI is InChI=1S/C26H24ClF4N3O4/c1-32-19-8-10-22(34-23(19)14-3-7-18(28)17(27)11-14)25(36,26(29,30)31)13-33-24(35)15-4-9-20(21(12-15)37-2)38-16-5-6-16/h3-4,7-12,16,32,36H,5-6,13H2,1-2H3,(H,33,35). The number of benzene rings is 2. The molecule has 0 bridgehead atoms. The Morgan fingerprint density at radius 2 is 1.87 bits per heavy atom. The molecule has 0 spiro atoms. The lowest BCUT2D eigenvalue weighted by molar-refractivity contribution is -0.265. The summed E-state index contributed by atoms with van der Waals surface area (Å²) in [4.78, 5) is 16.8. The Balaban J connectivity index is 1.63. The van der Waals surface area contributed by atoms with Gasteiger partial charge in [0.15, 0.2) is 11.5 Å². The smallest absolute Gasteiger partial charge is 0.424 e. The van der Waals surface area contributed by atoms with E-state index in [1.165, 1.54) is 50.6 Å². The van der Waals surface area contributed by atoms with E-state index in [1.54, 1.807) is 0 Å². The highest BCUT2D eigenvalue weighted by Crippen LogP contribution is 2.40. The number of carbonyl (C=O) groups excluding carboxylic acids is 1. The molecule has 1 unspecified atom stereocenters. The summed E-state index contributed by atoms with van der Waals surface area (Å²) in [6.07, 6.45) is -3.34. The van der Waals surface area contributed by atoms with E-state index in [1.807, 2.05) is 0 Å². The van der Waals surface area contributed by atoms with Crippen molar-refractivity contribution in [2.45, 2.75) is 30.7 Å². The first kappa shape index (κ1) is 27.5. The zero-order valence-corrected chi connectivity index (χ0v) is 21.1. The first-order valence-corrected chi connectivity index (χ1v) is 11.9. The number of hydrogen-bond donors (Lipinski definition) is 3. The third kappa shape index (κ3) is 5.63. The average Bonchev–Trinajstić information content (AvgIpc) is 3.72. The van der Waals surface area contributed by atoms with Gasteiger partial charge in [-0.1, -0.05) is 11.6 Å². The number of amides is 1. The van der Waals surface area contributed by atoms with Crippen molar-refractivity contribution in [2.75, 3.05) is 26.0 Å². The van der Waals surface area contributed by atoms with Gasteiger partial charge in [-0.05, 0) is 61.4 Å². The van der Waals surface area contributed by atoms with Crippen LogP contribution >= 0.6 is 11.6 Å². The van der Waals surface area contributed by atoms with E-state index in [-0.39, 0.29) is 33.7 Å². The average molecular weight is 554 g/mol. The van der Waals surface area contributed by atoms with Crippen molar-refractivity contribution in [3.63, 3.8) is 0 Å². The van der Waals surface area contributed by atoms with Gasteiger partial charge in [0, 0.05) is 18.2 Å². The molecule has 1 aromatic heterocycles. The zero-order chi connectivity index (χ0) is 27.7. The molecule has 2 aromatic carbocycles. The highest BCUT2D eigenvalue weighted by atomic mass is 35.5.